The van der Waals surface area contributed by atoms with Gasteiger partial charge in [0.2, 0.25) is 15.9 Å². The normalized spacial score (nSPS) is 17.1. The molecule has 0 aliphatic carbocycles. The first kappa shape index (κ1) is 19.6. The summed E-state index contributed by atoms with van der Waals surface area (Å²) in [6.45, 7) is 1.54. The predicted molar refractivity (Wildman–Crippen MR) is 104 cm³/mol. The molecule has 1 fully saturated rings. The number of carbonyl (C=O) groups is 1. The van der Waals surface area contributed by atoms with Crippen molar-refractivity contribution < 1.29 is 13.2 Å². The summed E-state index contributed by atoms with van der Waals surface area (Å²) >= 11 is 5.82. The third kappa shape index (κ3) is 5.41. The Morgan fingerprint density at radius 3 is 2.85 bits per heavy atom. The van der Waals surface area contributed by atoms with Crippen LogP contribution in [0.5, 0.6) is 0 Å². The number of amides is 1. The standard InChI is InChI=1S/C18H21ClN4O3S/c19-14-4-3-5-16(12-14)27(25,26)21-10-7-18(24)22-15-8-11-23(13-15)17-6-1-2-9-20-17/h1-6,9,12,15,21H,7-8,10-11,13H2,(H,22,24). The molecule has 1 saturated heterocycles. The lowest BCUT2D eigenvalue weighted by Gasteiger charge is -2.17. The molecule has 7 nitrogen and oxygen atoms in total. The van der Waals surface area contributed by atoms with Crippen molar-refractivity contribution in [1.82, 2.24) is 15.0 Å². The molecule has 27 heavy (non-hydrogen) atoms. The van der Waals surface area contributed by atoms with Crippen molar-refractivity contribution in [2.45, 2.75) is 23.8 Å². The van der Waals surface area contributed by atoms with Crippen molar-refractivity contribution in [2.24, 2.45) is 0 Å². The van der Waals surface area contributed by atoms with Gasteiger partial charge in [-0.15, -0.1) is 0 Å². The van der Waals surface area contributed by atoms with E-state index in [9.17, 15) is 13.2 Å². The van der Waals surface area contributed by atoms with Gasteiger partial charge in [-0.3, -0.25) is 4.79 Å². The van der Waals surface area contributed by atoms with Crippen LogP contribution in [0.3, 0.4) is 0 Å². The molecule has 1 aliphatic rings. The Morgan fingerprint density at radius 1 is 1.26 bits per heavy atom. The van der Waals surface area contributed by atoms with Crippen LogP contribution in [-0.2, 0) is 14.8 Å². The maximum Gasteiger partial charge on any atom is 0.240 e. The first-order chi connectivity index (χ1) is 12.9. The minimum Gasteiger partial charge on any atom is -0.354 e. The molecule has 144 valence electrons. The number of nitrogens with one attached hydrogen (secondary N) is 2. The van der Waals surface area contributed by atoms with Gasteiger partial charge in [0, 0.05) is 43.3 Å². The minimum atomic E-state index is -3.68. The van der Waals surface area contributed by atoms with E-state index >= 15 is 0 Å². The van der Waals surface area contributed by atoms with Crippen LogP contribution in [0.2, 0.25) is 5.02 Å². The largest absolute Gasteiger partial charge is 0.354 e. The molecule has 0 radical (unpaired) electrons. The number of benzene rings is 1. The van der Waals surface area contributed by atoms with E-state index in [2.05, 4.69) is 19.9 Å². The van der Waals surface area contributed by atoms with Gasteiger partial charge in [0.05, 0.1) is 4.90 Å². The van der Waals surface area contributed by atoms with Crippen LogP contribution < -0.4 is 14.9 Å². The van der Waals surface area contributed by atoms with E-state index in [1.165, 1.54) is 12.1 Å². The second-order valence-electron chi connectivity index (χ2n) is 6.29. The number of carbonyl (C=O) groups excluding carboxylic acids is 1. The zero-order valence-corrected chi connectivity index (χ0v) is 16.2. The van der Waals surface area contributed by atoms with Gasteiger partial charge in [0.1, 0.15) is 5.82 Å². The van der Waals surface area contributed by atoms with Crippen molar-refractivity contribution in [3.05, 3.63) is 53.7 Å². The number of pyridine rings is 1. The number of aromatic nitrogens is 1. The van der Waals surface area contributed by atoms with E-state index in [0.717, 1.165) is 18.8 Å². The number of anilines is 1. The van der Waals surface area contributed by atoms with Crippen LogP contribution in [0.25, 0.3) is 0 Å². The summed E-state index contributed by atoms with van der Waals surface area (Å²) in [5.74, 6) is 0.709. The van der Waals surface area contributed by atoms with Crippen LogP contribution in [0.4, 0.5) is 5.82 Å². The third-order valence-electron chi connectivity index (χ3n) is 4.28. The molecule has 0 saturated carbocycles. The molecule has 1 aromatic heterocycles. The fourth-order valence-electron chi connectivity index (χ4n) is 2.94. The number of nitrogens with zero attached hydrogens (tertiary/aromatic N) is 2. The highest BCUT2D eigenvalue weighted by Gasteiger charge is 2.24. The zero-order chi connectivity index (χ0) is 19.3. The van der Waals surface area contributed by atoms with Crippen LogP contribution >= 0.6 is 11.6 Å². The van der Waals surface area contributed by atoms with Gasteiger partial charge in [0.25, 0.3) is 0 Å². The Bertz CT molecular complexity index is 892. The Kier molecular flexibility index (Phi) is 6.30. The fraction of sp³-hybridized carbons (Fsp3) is 0.333. The molecular formula is C18H21ClN4O3S. The fourth-order valence-corrected chi connectivity index (χ4v) is 4.28. The molecule has 1 amide bonds. The highest BCUT2D eigenvalue weighted by Crippen LogP contribution is 2.17. The quantitative estimate of drug-likeness (QED) is 0.728. The summed E-state index contributed by atoms with van der Waals surface area (Å²) in [6, 6.07) is 11.8. The SMILES string of the molecule is O=C(CCNS(=O)(=O)c1cccc(Cl)c1)NC1CCN(c2ccccn2)C1. The van der Waals surface area contributed by atoms with Gasteiger partial charge in [-0.05, 0) is 36.8 Å². The first-order valence-corrected chi connectivity index (χ1v) is 10.5. The summed E-state index contributed by atoms with van der Waals surface area (Å²) < 4.78 is 26.8. The van der Waals surface area contributed by atoms with Crippen molar-refractivity contribution in [1.29, 1.82) is 0 Å². The van der Waals surface area contributed by atoms with E-state index in [-0.39, 0.29) is 29.8 Å². The number of sulfonamides is 1. The summed E-state index contributed by atoms with van der Waals surface area (Å²) in [7, 11) is -3.68. The topological polar surface area (TPSA) is 91.4 Å². The van der Waals surface area contributed by atoms with Gasteiger partial charge in [-0.25, -0.2) is 18.1 Å². The minimum absolute atomic E-state index is 0.0252. The lowest BCUT2D eigenvalue weighted by molar-refractivity contribution is -0.121. The predicted octanol–water partition coefficient (Wildman–Crippen LogP) is 1.80. The lowest BCUT2D eigenvalue weighted by Crippen LogP contribution is -2.38. The van der Waals surface area contributed by atoms with E-state index in [1.54, 1.807) is 18.3 Å². The highest BCUT2D eigenvalue weighted by molar-refractivity contribution is 7.89. The number of rotatable bonds is 7. The van der Waals surface area contributed by atoms with Crippen molar-refractivity contribution in [3.8, 4) is 0 Å². The number of hydrogen-bond donors (Lipinski definition) is 2. The monoisotopic (exact) mass is 408 g/mol. The van der Waals surface area contributed by atoms with Gasteiger partial charge in [-0.2, -0.15) is 0 Å². The van der Waals surface area contributed by atoms with Crippen LogP contribution in [-0.4, -0.2) is 45.0 Å². The Balaban J connectivity index is 1.44. The van der Waals surface area contributed by atoms with Crippen LogP contribution in [0, 0.1) is 0 Å². The Labute approximate surface area is 163 Å². The van der Waals surface area contributed by atoms with Crippen molar-refractivity contribution >= 4 is 33.3 Å². The summed E-state index contributed by atoms with van der Waals surface area (Å²) in [5.41, 5.74) is 0. The molecule has 2 aromatic rings. The second-order valence-corrected chi connectivity index (χ2v) is 8.50. The summed E-state index contributed by atoms with van der Waals surface area (Å²) in [4.78, 5) is 18.6. The van der Waals surface area contributed by atoms with Crippen molar-refractivity contribution in [3.63, 3.8) is 0 Å². The van der Waals surface area contributed by atoms with Gasteiger partial charge in [0.15, 0.2) is 0 Å². The molecule has 0 bridgehead atoms. The average Bonchev–Trinajstić information content (AvgIpc) is 3.11. The number of halogens is 1. The Hall–Kier alpha value is -2.16. The van der Waals surface area contributed by atoms with Crippen LogP contribution in [0.1, 0.15) is 12.8 Å². The van der Waals surface area contributed by atoms with Gasteiger partial charge >= 0.3 is 0 Å². The van der Waals surface area contributed by atoms with Crippen LogP contribution in [0.15, 0.2) is 53.6 Å². The second kappa shape index (κ2) is 8.69. The molecule has 1 aliphatic heterocycles. The van der Waals surface area contributed by atoms with Gasteiger partial charge < -0.3 is 10.2 Å². The molecule has 2 N–H and O–H groups in total. The zero-order valence-electron chi connectivity index (χ0n) is 14.6. The Morgan fingerprint density at radius 2 is 2.11 bits per heavy atom. The molecule has 1 unspecified atom stereocenters. The molecule has 0 spiro atoms. The maximum atomic E-state index is 12.2. The smallest absolute Gasteiger partial charge is 0.240 e. The molecule has 2 heterocycles. The van der Waals surface area contributed by atoms with E-state index in [4.69, 9.17) is 11.6 Å². The molecule has 1 aromatic carbocycles. The maximum absolute atomic E-state index is 12.2. The highest BCUT2D eigenvalue weighted by atomic mass is 35.5. The molecule has 1 atom stereocenters. The van der Waals surface area contributed by atoms with E-state index in [1.807, 2.05) is 18.2 Å². The summed E-state index contributed by atoms with van der Waals surface area (Å²) in [6.07, 6.45) is 2.64. The lowest BCUT2D eigenvalue weighted by atomic mass is 10.2. The van der Waals surface area contributed by atoms with Gasteiger partial charge in [-0.1, -0.05) is 23.7 Å². The number of hydrogen-bond acceptors (Lipinski definition) is 5. The average molecular weight is 409 g/mol. The van der Waals surface area contributed by atoms with E-state index < -0.39 is 10.0 Å². The molecule has 9 heteroatoms. The molecular weight excluding hydrogens is 388 g/mol. The first-order valence-electron chi connectivity index (χ1n) is 8.64. The molecule has 3 rings (SSSR count). The third-order valence-corrected chi connectivity index (χ3v) is 5.97. The van der Waals surface area contributed by atoms with E-state index in [0.29, 0.717) is 11.6 Å². The van der Waals surface area contributed by atoms with Crippen molar-refractivity contribution in [2.75, 3.05) is 24.5 Å². The summed E-state index contributed by atoms with van der Waals surface area (Å²) in [5, 5.41) is 3.29.